The molecule has 2 aromatic carbocycles. The van der Waals surface area contributed by atoms with E-state index >= 15 is 0 Å². The van der Waals surface area contributed by atoms with E-state index in [-0.39, 0.29) is 0 Å². The molecule has 0 aliphatic carbocycles. The van der Waals surface area contributed by atoms with Gasteiger partial charge in [0.2, 0.25) is 5.69 Å². The summed E-state index contributed by atoms with van der Waals surface area (Å²) in [6.45, 7) is 12.2. The van der Waals surface area contributed by atoms with E-state index in [0.29, 0.717) is 16.8 Å². The molecule has 0 unspecified atom stereocenters. The number of benzene rings is 2. The Balaban J connectivity index is 1.94. The van der Waals surface area contributed by atoms with Gasteiger partial charge in [-0.3, -0.25) is 0 Å². The summed E-state index contributed by atoms with van der Waals surface area (Å²) in [4.78, 5) is 5.86. The highest BCUT2D eigenvalue weighted by molar-refractivity contribution is 6.33. The average Bonchev–Trinajstić information content (AvgIpc) is 3.08. The van der Waals surface area contributed by atoms with Crippen LogP contribution in [0.15, 0.2) is 42.5 Å². The van der Waals surface area contributed by atoms with Crippen LogP contribution in [0.1, 0.15) is 17.5 Å². The van der Waals surface area contributed by atoms with E-state index in [1.165, 1.54) is 11.1 Å². The Morgan fingerprint density at radius 2 is 2.13 bits per heavy atom. The highest BCUT2D eigenvalue weighted by atomic mass is 35.5. The maximum atomic E-state index is 7.15. The maximum Gasteiger partial charge on any atom is 0.205 e. The van der Waals surface area contributed by atoms with Crippen LogP contribution in [0.25, 0.3) is 4.85 Å². The lowest BCUT2D eigenvalue weighted by Crippen LogP contribution is -2.36. The summed E-state index contributed by atoms with van der Waals surface area (Å²) < 4.78 is 0. The molecule has 1 heterocycles. The van der Waals surface area contributed by atoms with Crippen molar-refractivity contribution >= 4 is 23.0 Å². The predicted molar refractivity (Wildman–Crippen MR) is 96.4 cm³/mol. The van der Waals surface area contributed by atoms with Gasteiger partial charge in [0, 0.05) is 29.8 Å². The molecule has 0 aromatic heterocycles. The number of aryl methyl sites for hydroxylation is 1. The Kier molecular flexibility index (Phi) is 4.85. The highest BCUT2D eigenvalue weighted by Crippen LogP contribution is 2.32. The van der Waals surface area contributed by atoms with Crippen molar-refractivity contribution in [2.45, 2.75) is 25.9 Å². The molecule has 1 N–H and O–H groups in total. The van der Waals surface area contributed by atoms with E-state index in [4.69, 9.17) is 18.2 Å². The molecule has 118 valence electrons. The van der Waals surface area contributed by atoms with Crippen LogP contribution < -0.4 is 10.2 Å². The molecule has 23 heavy (non-hydrogen) atoms. The molecule has 0 amide bonds. The van der Waals surface area contributed by atoms with Crippen molar-refractivity contribution < 1.29 is 0 Å². The molecule has 2 aromatic rings. The second kappa shape index (κ2) is 7.04. The molecule has 1 saturated heterocycles. The molecule has 1 atom stereocenters. The second-order valence-electron chi connectivity index (χ2n) is 5.95. The number of rotatable bonds is 4. The van der Waals surface area contributed by atoms with Gasteiger partial charge in [-0.1, -0.05) is 41.9 Å². The van der Waals surface area contributed by atoms with Gasteiger partial charge in [-0.25, -0.2) is 4.85 Å². The van der Waals surface area contributed by atoms with Crippen molar-refractivity contribution in [1.29, 1.82) is 0 Å². The number of hydrogen-bond acceptors (Lipinski definition) is 2. The number of halogens is 1. The fourth-order valence-corrected chi connectivity index (χ4v) is 3.29. The van der Waals surface area contributed by atoms with Gasteiger partial charge in [0.15, 0.2) is 0 Å². The summed E-state index contributed by atoms with van der Waals surface area (Å²) in [5.41, 5.74) is 4.22. The van der Waals surface area contributed by atoms with Crippen molar-refractivity contribution in [2.24, 2.45) is 0 Å². The highest BCUT2D eigenvalue weighted by Gasteiger charge is 2.23. The Bertz CT molecular complexity index is 730. The maximum absolute atomic E-state index is 7.15. The lowest BCUT2D eigenvalue weighted by Gasteiger charge is -2.31. The smallest absolute Gasteiger partial charge is 0.205 e. The monoisotopic (exact) mass is 325 g/mol. The van der Waals surface area contributed by atoms with Crippen LogP contribution in [0.2, 0.25) is 5.02 Å². The van der Waals surface area contributed by atoms with E-state index in [0.717, 1.165) is 31.7 Å². The minimum absolute atomic E-state index is 0.449. The van der Waals surface area contributed by atoms with Crippen LogP contribution in [0.4, 0.5) is 11.4 Å². The summed E-state index contributed by atoms with van der Waals surface area (Å²) in [5.74, 6) is 0. The minimum atomic E-state index is 0.449. The van der Waals surface area contributed by atoms with Gasteiger partial charge < -0.3 is 10.2 Å². The van der Waals surface area contributed by atoms with Gasteiger partial charge in [-0.15, -0.1) is 0 Å². The minimum Gasteiger partial charge on any atom is -0.363 e. The lowest BCUT2D eigenvalue weighted by molar-refractivity contribution is 0.630. The molecule has 1 aliphatic rings. The van der Waals surface area contributed by atoms with Crippen LogP contribution in [0.3, 0.4) is 0 Å². The third-order valence-electron chi connectivity index (χ3n) is 4.46. The Morgan fingerprint density at radius 3 is 2.78 bits per heavy atom. The number of nitrogens with one attached hydrogen (secondary N) is 1. The van der Waals surface area contributed by atoms with E-state index < -0.39 is 0 Å². The van der Waals surface area contributed by atoms with E-state index in [1.807, 2.05) is 18.2 Å². The van der Waals surface area contributed by atoms with E-state index in [9.17, 15) is 0 Å². The molecule has 0 spiro atoms. The molecular weight excluding hydrogens is 306 g/mol. The molecule has 3 rings (SSSR count). The molecule has 0 bridgehead atoms. The lowest BCUT2D eigenvalue weighted by atomic mass is 10.1. The largest absolute Gasteiger partial charge is 0.363 e. The van der Waals surface area contributed by atoms with Crippen molar-refractivity contribution in [1.82, 2.24) is 5.32 Å². The zero-order valence-corrected chi connectivity index (χ0v) is 14.0. The zero-order valence-electron chi connectivity index (χ0n) is 13.2. The van der Waals surface area contributed by atoms with E-state index in [1.54, 1.807) is 0 Å². The Labute approximate surface area is 142 Å². The summed E-state index contributed by atoms with van der Waals surface area (Å²) in [6.07, 6.45) is 1.12. The van der Waals surface area contributed by atoms with Crippen molar-refractivity contribution in [3.8, 4) is 0 Å². The first-order valence-electron chi connectivity index (χ1n) is 7.88. The van der Waals surface area contributed by atoms with Gasteiger partial charge in [0.1, 0.15) is 0 Å². The van der Waals surface area contributed by atoms with Crippen LogP contribution in [0, 0.1) is 13.5 Å². The molecule has 1 fully saturated rings. The first-order chi connectivity index (χ1) is 11.2. The van der Waals surface area contributed by atoms with Crippen molar-refractivity contribution in [3.63, 3.8) is 0 Å². The molecule has 3 nitrogen and oxygen atoms in total. The fraction of sp³-hybridized carbons (Fsp3) is 0.316. The molecule has 1 aliphatic heterocycles. The van der Waals surface area contributed by atoms with Crippen LogP contribution >= 0.6 is 11.6 Å². The Morgan fingerprint density at radius 1 is 1.30 bits per heavy atom. The number of anilines is 1. The SMILES string of the molecule is [C-]#[N+]c1ccc(N(Cc2ccccc2C)[C@H]2CCNC2)cc1Cl. The summed E-state index contributed by atoms with van der Waals surface area (Å²) in [7, 11) is 0. The molecule has 4 heteroatoms. The molecule has 0 radical (unpaired) electrons. The van der Waals surface area contributed by atoms with Crippen LogP contribution in [-0.2, 0) is 6.54 Å². The first kappa shape index (κ1) is 15.9. The van der Waals surface area contributed by atoms with Crippen LogP contribution in [0.5, 0.6) is 0 Å². The summed E-state index contributed by atoms with van der Waals surface area (Å²) in [6, 6.07) is 14.7. The first-order valence-corrected chi connectivity index (χ1v) is 8.25. The Hall–Kier alpha value is -2.02. The van der Waals surface area contributed by atoms with Gasteiger partial charge in [0.25, 0.3) is 0 Å². The summed E-state index contributed by atoms with van der Waals surface area (Å²) in [5, 5.41) is 3.96. The van der Waals surface area contributed by atoms with Gasteiger partial charge in [-0.2, -0.15) is 0 Å². The fourth-order valence-electron chi connectivity index (χ4n) is 3.07. The standard InChI is InChI=1S/C19H20ClN3/c1-14-5-3-4-6-15(14)13-23(17-9-10-22-12-17)16-7-8-19(21-2)18(20)11-16/h3-8,11,17,22H,9-10,12-13H2,1H3/t17-/m0/s1. The van der Waals surface area contributed by atoms with Gasteiger partial charge in [0.05, 0.1) is 6.57 Å². The van der Waals surface area contributed by atoms with Crippen LogP contribution in [-0.4, -0.2) is 19.1 Å². The van der Waals surface area contributed by atoms with Crippen molar-refractivity contribution in [3.05, 3.63) is 70.0 Å². The van der Waals surface area contributed by atoms with Gasteiger partial charge >= 0.3 is 0 Å². The van der Waals surface area contributed by atoms with Gasteiger partial charge in [-0.05, 0) is 43.1 Å². The molecular formula is C19H20ClN3. The number of hydrogen-bond donors (Lipinski definition) is 1. The quantitative estimate of drug-likeness (QED) is 0.831. The third-order valence-corrected chi connectivity index (χ3v) is 4.76. The third kappa shape index (κ3) is 3.50. The second-order valence-corrected chi connectivity index (χ2v) is 6.36. The topological polar surface area (TPSA) is 19.6 Å². The summed E-state index contributed by atoms with van der Waals surface area (Å²) >= 11 is 6.26. The zero-order chi connectivity index (χ0) is 16.2. The predicted octanol–water partition coefficient (Wildman–Crippen LogP) is 4.57. The normalized spacial score (nSPS) is 17.0. The average molecular weight is 326 g/mol. The van der Waals surface area contributed by atoms with E-state index in [2.05, 4.69) is 46.3 Å². The van der Waals surface area contributed by atoms with Crippen molar-refractivity contribution in [2.75, 3.05) is 18.0 Å². The number of nitrogens with zero attached hydrogens (tertiary/aromatic N) is 2. The molecule has 0 saturated carbocycles.